The highest BCUT2D eigenvalue weighted by molar-refractivity contribution is 6.35. The van der Waals surface area contributed by atoms with Crippen molar-refractivity contribution in [1.82, 2.24) is 41.3 Å². The van der Waals surface area contributed by atoms with Crippen molar-refractivity contribution in [1.29, 1.82) is 0 Å². The van der Waals surface area contributed by atoms with Gasteiger partial charge in [-0.15, -0.1) is 0 Å². The van der Waals surface area contributed by atoms with Gasteiger partial charge in [-0.3, -0.25) is 19.8 Å². The second-order valence-electron chi connectivity index (χ2n) is 13.9. The summed E-state index contributed by atoms with van der Waals surface area (Å²) in [5.74, 6) is -3.97. The number of alkyl halides is 3. The average Bonchev–Trinajstić information content (AvgIpc) is 4.05. The summed E-state index contributed by atoms with van der Waals surface area (Å²) in [6.07, 6.45) is -0.474. The van der Waals surface area contributed by atoms with Gasteiger partial charge in [0.2, 0.25) is 11.9 Å². The van der Waals surface area contributed by atoms with E-state index in [2.05, 4.69) is 52.0 Å². The number of carbonyl (C=O) groups excluding carboxylic acids is 3. The van der Waals surface area contributed by atoms with Crippen molar-refractivity contribution < 1.29 is 42.2 Å². The number of hydrogen-bond donors (Lipinski definition) is 7. The predicted octanol–water partition coefficient (Wildman–Crippen LogP) is 3.11. The molecule has 2 saturated carbocycles. The van der Waals surface area contributed by atoms with Crippen LogP contribution in [0.1, 0.15) is 54.4 Å². The number of rotatable bonds is 17. The number of aliphatic carboxylic acids is 1. The summed E-state index contributed by atoms with van der Waals surface area (Å²) in [5.41, 5.74) is 3.98. The number of halogens is 4. The Balaban J connectivity index is 1.01. The third kappa shape index (κ3) is 11.1. The molecule has 1 atom stereocenters. The highest BCUT2D eigenvalue weighted by atomic mass is 35.5. The van der Waals surface area contributed by atoms with Crippen molar-refractivity contribution in [3.8, 4) is 6.01 Å². The van der Waals surface area contributed by atoms with E-state index in [1.165, 1.54) is 24.3 Å². The number of hydrazine groups is 1. The molecule has 6 rings (SSSR count). The van der Waals surface area contributed by atoms with Crippen LogP contribution in [0.3, 0.4) is 0 Å². The first-order valence-corrected chi connectivity index (χ1v) is 18.0. The minimum Gasteiger partial charge on any atom is -0.480 e. The van der Waals surface area contributed by atoms with Gasteiger partial charge >= 0.3 is 30.0 Å². The number of anilines is 3. The zero-order chi connectivity index (χ0) is 39.2. The molecule has 2 heterocycles. The van der Waals surface area contributed by atoms with Crippen LogP contribution in [0.2, 0.25) is 5.02 Å². The maximum atomic E-state index is 12.9. The minimum atomic E-state index is -4.64. The van der Waals surface area contributed by atoms with Gasteiger partial charge in [0, 0.05) is 54.4 Å². The quantitative estimate of drug-likeness (QED) is 0.0982. The molecule has 0 spiro atoms. The number of carbonyl (C=O) groups is 4. The van der Waals surface area contributed by atoms with Gasteiger partial charge in [-0.25, -0.2) is 9.80 Å². The first-order valence-electron chi connectivity index (χ1n) is 17.7. The van der Waals surface area contributed by atoms with Crippen molar-refractivity contribution in [3.05, 3.63) is 64.7 Å². The molecule has 2 aromatic carbocycles. The first-order chi connectivity index (χ1) is 26.2. The lowest BCUT2D eigenvalue weighted by Gasteiger charge is -2.23. The fourth-order valence-electron chi connectivity index (χ4n) is 6.06. The Kier molecular flexibility index (Phi) is 11.9. The molecule has 16 nitrogen and oxygen atoms in total. The fraction of sp³-hybridized carbons (Fsp3) is 0.457. The summed E-state index contributed by atoms with van der Waals surface area (Å²) in [4.78, 5) is 61.9. The van der Waals surface area contributed by atoms with Gasteiger partial charge in [-0.05, 0) is 80.5 Å². The van der Waals surface area contributed by atoms with Gasteiger partial charge in [-0.2, -0.15) is 28.1 Å². The lowest BCUT2D eigenvalue weighted by Crippen LogP contribution is -2.47. The Hall–Kier alpha value is -5.27. The Labute approximate surface area is 318 Å². The molecular formula is C35H40ClF3N10O6. The van der Waals surface area contributed by atoms with E-state index in [1.807, 2.05) is 12.1 Å². The van der Waals surface area contributed by atoms with Crippen LogP contribution in [-0.2, 0) is 19.9 Å². The summed E-state index contributed by atoms with van der Waals surface area (Å²) in [6.45, 7) is 1.18. The van der Waals surface area contributed by atoms with Crippen LogP contribution in [-0.4, -0.2) is 100 Å². The summed E-state index contributed by atoms with van der Waals surface area (Å²) >= 11 is 6.02. The molecule has 1 aromatic heterocycles. The number of ether oxygens (including phenoxy) is 1. The SMILES string of the molecule is O=C(NCC[C@H](NC(=O)c1ccc(Nc2nc(NC3(c4ccc(Cl)cc4)CC3)nc(OCC(F)(F)F)n2)cc1)C(=O)O)C(=O)NCC1(CN2CCCN2)CC1. The highest BCUT2D eigenvalue weighted by Gasteiger charge is 2.46. The zero-order valence-electron chi connectivity index (χ0n) is 29.5. The van der Waals surface area contributed by atoms with E-state index in [1.54, 1.807) is 12.1 Å². The van der Waals surface area contributed by atoms with Gasteiger partial charge in [0.15, 0.2) is 6.61 Å². The number of amides is 3. The van der Waals surface area contributed by atoms with Gasteiger partial charge in [-0.1, -0.05) is 23.7 Å². The standard InChI is InChI=1S/C35H40ClF3N10O6/c36-23-6-4-22(5-7-23)34(13-14-34)48-31-45-30(46-32(47-31)55-20-35(37,38)39)43-24-8-2-21(3-9-24)26(50)44-25(29(53)54)10-16-40-27(51)28(52)41-18-33(11-12-33)19-49-17-1-15-42-49/h2-9,25,42H,1,10-20H2,(H,40,51)(H,41,52)(H,44,50)(H,53,54)(H2,43,45,46,47,48)/t25-/m0/s1. The Morgan fingerprint density at radius 2 is 1.64 bits per heavy atom. The molecule has 7 N–H and O–H groups in total. The van der Waals surface area contributed by atoms with Crippen molar-refractivity contribution in [2.24, 2.45) is 5.41 Å². The molecule has 3 aromatic rings. The van der Waals surface area contributed by atoms with Crippen molar-refractivity contribution >= 4 is 52.9 Å². The van der Waals surface area contributed by atoms with Crippen LogP contribution in [0.5, 0.6) is 6.01 Å². The summed E-state index contributed by atoms with van der Waals surface area (Å²) in [5, 5.41) is 25.9. The van der Waals surface area contributed by atoms with E-state index in [0.29, 0.717) is 30.1 Å². The molecule has 3 amide bonds. The van der Waals surface area contributed by atoms with E-state index in [-0.39, 0.29) is 35.8 Å². The van der Waals surface area contributed by atoms with Crippen LogP contribution >= 0.6 is 11.6 Å². The number of nitrogens with zero attached hydrogens (tertiary/aromatic N) is 4. The Morgan fingerprint density at radius 1 is 0.945 bits per heavy atom. The Bertz CT molecular complexity index is 1870. The first kappa shape index (κ1) is 39.4. The smallest absolute Gasteiger partial charge is 0.422 e. The largest absolute Gasteiger partial charge is 0.480 e. The zero-order valence-corrected chi connectivity index (χ0v) is 30.2. The second-order valence-corrected chi connectivity index (χ2v) is 14.3. The topological polar surface area (TPSA) is 212 Å². The molecule has 294 valence electrons. The molecule has 1 saturated heterocycles. The van der Waals surface area contributed by atoms with E-state index < -0.39 is 54.1 Å². The molecule has 0 bridgehead atoms. The van der Waals surface area contributed by atoms with E-state index in [4.69, 9.17) is 16.3 Å². The van der Waals surface area contributed by atoms with Gasteiger partial charge in [0.25, 0.3) is 5.91 Å². The summed E-state index contributed by atoms with van der Waals surface area (Å²) in [7, 11) is 0. The molecule has 2 aliphatic carbocycles. The van der Waals surface area contributed by atoms with Crippen LogP contribution in [0.4, 0.5) is 30.8 Å². The lowest BCUT2D eigenvalue weighted by atomic mass is 10.1. The molecule has 3 fully saturated rings. The third-order valence-electron chi connectivity index (χ3n) is 9.46. The lowest BCUT2D eigenvalue weighted by molar-refractivity contribution is -0.154. The van der Waals surface area contributed by atoms with Gasteiger partial charge < -0.3 is 36.4 Å². The number of benzene rings is 2. The van der Waals surface area contributed by atoms with Crippen LogP contribution in [0.15, 0.2) is 48.5 Å². The Morgan fingerprint density at radius 3 is 2.25 bits per heavy atom. The molecule has 55 heavy (non-hydrogen) atoms. The fourth-order valence-corrected chi connectivity index (χ4v) is 6.18. The van der Waals surface area contributed by atoms with Crippen molar-refractivity contribution in [2.75, 3.05) is 50.0 Å². The molecule has 3 aliphatic rings. The maximum absolute atomic E-state index is 12.9. The molecule has 1 aliphatic heterocycles. The predicted molar refractivity (Wildman–Crippen MR) is 192 cm³/mol. The van der Waals surface area contributed by atoms with E-state index in [0.717, 1.165) is 44.5 Å². The van der Waals surface area contributed by atoms with Gasteiger partial charge in [0.05, 0.1) is 5.54 Å². The van der Waals surface area contributed by atoms with Gasteiger partial charge in [0.1, 0.15) is 6.04 Å². The summed E-state index contributed by atoms with van der Waals surface area (Å²) < 4.78 is 43.7. The van der Waals surface area contributed by atoms with Crippen LogP contribution < -0.4 is 36.7 Å². The summed E-state index contributed by atoms with van der Waals surface area (Å²) in [6, 6.07) is 10.8. The second kappa shape index (κ2) is 16.6. The number of carboxylic acid groups (broad SMARTS) is 1. The number of hydrogen-bond acceptors (Lipinski definition) is 12. The number of carboxylic acids is 1. The monoisotopic (exact) mass is 788 g/mol. The van der Waals surface area contributed by atoms with E-state index >= 15 is 0 Å². The number of aromatic nitrogens is 3. The van der Waals surface area contributed by atoms with Crippen LogP contribution in [0.25, 0.3) is 0 Å². The highest BCUT2D eigenvalue weighted by Crippen LogP contribution is 2.48. The molecular weight excluding hydrogens is 749 g/mol. The minimum absolute atomic E-state index is 0.0352. The average molecular weight is 789 g/mol. The van der Waals surface area contributed by atoms with Crippen molar-refractivity contribution in [2.45, 2.75) is 56.3 Å². The third-order valence-corrected chi connectivity index (χ3v) is 9.71. The number of nitrogens with one attached hydrogen (secondary N) is 6. The van der Waals surface area contributed by atoms with E-state index in [9.17, 15) is 37.5 Å². The molecule has 0 unspecified atom stereocenters. The molecule has 0 radical (unpaired) electrons. The van der Waals surface area contributed by atoms with Crippen LogP contribution in [0, 0.1) is 5.41 Å². The normalized spacial score (nSPS) is 17.4. The molecule has 20 heteroatoms. The maximum Gasteiger partial charge on any atom is 0.422 e. The van der Waals surface area contributed by atoms with Crippen molar-refractivity contribution in [3.63, 3.8) is 0 Å².